The highest BCUT2D eigenvalue weighted by Crippen LogP contribution is 2.23. The monoisotopic (exact) mass is 337 g/mol. The minimum absolute atomic E-state index is 0.345. The average molecular weight is 338 g/mol. The van der Waals surface area contributed by atoms with Gasteiger partial charge in [0.2, 0.25) is 0 Å². The summed E-state index contributed by atoms with van der Waals surface area (Å²) in [6.07, 6.45) is 1.73. The average Bonchev–Trinajstić information content (AvgIpc) is 2.67. The second kappa shape index (κ2) is 4.54. The zero-order valence-electron chi connectivity index (χ0n) is 9.95. The van der Waals surface area contributed by atoms with Gasteiger partial charge in [-0.05, 0) is 49.0 Å². The van der Waals surface area contributed by atoms with Gasteiger partial charge in [-0.3, -0.25) is 4.57 Å². The zero-order chi connectivity index (χ0) is 13.6. The van der Waals surface area contributed by atoms with Crippen LogP contribution in [0.15, 0.2) is 34.9 Å². The van der Waals surface area contributed by atoms with Crippen LogP contribution in [0.25, 0.3) is 16.9 Å². The fourth-order valence-corrected chi connectivity index (χ4v) is 2.62. The summed E-state index contributed by atoms with van der Waals surface area (Å²) < 4.78 is 16.8. The molecule has 0 radical (unpaired) electrons. The molecule has 19 heavy (non-hydrogen) atoms. The summed E-state index contributed by atoms with van der Waals surface area (Å²) in [7, 11) is 0. The number of hydrogen-bond donors (Lipinski definition) is 1. The highest BCUT2D eigenvalue weighted by atomic mass is 79.9. The van der Waals surface area contributed by atoms with Crippen molar-refractivity contribution in [3.8, 4) is 5.69 Å². The molecular weight excluding hydrogens is 329 g/mol. The second-order valence-corrected chi connectivity index (χ2v) is 5.55. The zero-order valence-corrected chi connectivity index (χ0v) is 12.3. The Kier molecular flexibility index (Phi) is 2.99. The van der Waals surface area contributed by atoms with Gasteiger partial charge in [-0.1, -0.05) is 15.9 Å². The van der Waals surface area contributed by atoms with Crippen LogP contribution < -0.4 is 0 Å². The Morgan fingerprint density at radius 2 is 2.16 bits per heavy atom. The first-order chi connectivity index (χ1) is 9.06. The van der Waals surface area contributed by atoms with E-state index in [1.165, 1.54) is 6.07 Å². The SMILES string of the molecule is Cc1cnc2c(c1)[nH]c(=S)n2-c1cc(Br)ccc1F. The third kappa shape index (κ3) is 2.11. The summed E-state index contributed by atoms with van der Waals surface area (Å²) in [5.41, 5.74) is 2.81. The number of halogens is 2. The molecule has 0 aliphatic carbocycles. The van der Waals surface area contributed by atoms with Crippen LogP contribution in [0.4, 0.5) is 4.39 Å². The van der Waals surface area contributed by atoms with E-state index in [2.05, 4.69) is 25.9 Å². The van der Waals surface area contributed by atoms with Gasteiger partial charge in [0.25, 0.3) is 0 Å². The molecule has 6 heteroatoms. The number of aryl methyl sites for hydroxylation is 1. The van der Waals surface area contributed by atoms with Gasteiger partial charge in [0.15, 0.2) is 10.4 Å². The van der Waals surface area contributed by atoms with E-state index >= 15 is 0 Å². The van der Waals surface area contributed by atoms with E-state index in [4.69, 9.17) is 12.2 Å². The third-order valence-corrected chi connectivity index (χ3v) is 3.59. The van der Waals surface area contributed by atoms with Gasteiger partial charge >= 0.3 is 0 Å². The van der Waals surface area contributed by atoms with Crippen molar-refractivity contribution in [2.45, 2.75) is 6.92 Å². The van der Waals surface area contributed by atoms with E-state index in [9.17, 15) is 4.39 Å². The quantitative estimate of drug-likeness (QED) is 0.672. The molecule has 0 unspecified atom stereocenters. The molecule has 2 aromatic heterocycles. The molecule has 2 heterocycles. The molecule has 3 aromatic rings. The number of rotatable bonds is 1. The Bertz CT molecular complexity index is 838. The lowest BCUT2D eigenvalue weighted by atomic mass is 10.3. The van der Waals surface area contributed by atoms with Crippen LogP contribution in [0.2, 0.25) is 0 Å². The van der Waals surface area contributed by atoms with Crippen molar-refractivity contribution in [1.82, 2.24) is 14.5 Å². The van der Waals surface area contributed by atoms with Crippen molar-refractivity contribution in [2.75, 3.05) is 0 Å². The van der Waals surface area contributed by atoms with Gasteiger partial charge in [-0.2, -0.15) is 0 Å². The molecule has 0 aliphatic rings. The van der Waals surface area contributed by atoms with E-state index in [1.54, 1.807) is 22.9 Å². The Morgan fingerprint density at radius 3 is 2.95 bits per heavy atom. The maximum Gasteiger partial charge on any atom is 0.184 e. The topological polar surface area (TPSA) is 33.6 Å². The molecule has 0 bridgehead atoms. The Balaban J connectivity index is 2.39. The van der Waals surface area contributed by atoms with Crippen LogP contribution >= 0.6 is 28.1 Å². The van der Waals surface area contributed by atoms with Gasteiger partial charge in [0.1, 0.15) is 5.82 Å². The van der Waals surface area contributed by atoms with Crippen molar-refractivity contribution < 1.29 is 4.39 Å². The van der Waals surface area contributed by atoms with Crippen molar-refractivity contribution in [3.63, 3.8) is 0 Å². The first kappa shape index (κ1) is 12.5. The lowest BCUT2D eigenvalue weighted by Gasteiger charge is -2.06. The summed E-state index contributed by atoms with van der Waals surface area (Å²) in [6.45, 7) is 1.94. The molecule has 96 valence electrons. The highest BCUT2D eigenvalue weighted by Gasteiger charge is 2.12. The molecule has 0 spiro atoms. The number of nitrogens with zero attached hydrogens (tertiary/aromatic N) is 2. The highest BCUT2D eigenvalue weighted by molar-refractivity contribution is 9.10. The van der Waals surface area contributed by atoms with Gasteiger partial charge in [0.05, 0.1) is 11.2 Å². The molecule has 1 N–H and O–H groups in total. The predicted octanol–water partition coefficient (Wildman–Crippen LogP) is 4.29. The first-order valence-corrected chi connectivity index (χ1v) is 6.79. The number of aromatic amines is 1. The number of pyridine rings is 1. The number of aromatic nitrogens is 3. The molecule has 0 amide bonds. The molecule has 0 atom stereocenters. The summed E-state index contributed by atoms with van der Waals surface area (Å²) in [6, 6.07) is 6.66. The summed E-state index contributed by atoms with van der Waals surface area (Å²) in [5.74, 6) is -0.345. The lowest BCUT2D eigenvalue weighted by molar-refractivity contribution is 0.618. The maximum absolute atomic E-state index is 14.0. The van der Waals surface area contributed by atoms with Crippen LogP contribution in [0.3, 0.4) is 0 Å². The van der Waals surface area contributed by atoms with E-state index in [0.29, 0.717) is 16.1 Å². The molecule has 3 nitrogen and oxygen atoms in total. The molecule has 0 saturated carbocycles. The van der Waals surface area contributed by atoms with Gasteiger partial charge in [0, 0.05) is 10.7 Å². The van der Waals surface area contributed by atoms with Crippen molar-refractivity contribution in [2.24, 2.45) is 0 Å². The molecule has 0 aliphatic heterocycles. The fraction of sp³-hybridized carbons (Fsp3) is 0.0769. The van der Waals surface area contributed by atoms with Crippen LogP contribution in [0.1, 0.15) is 5.56 Å². The van der Waals surface area contributed by atoms with Gasteiger partial charge < -0.3 is 4.98 Å². The first-order valence-electron chi connectivity index (χ1n) is 5.59. The molecule has 1 aromatic carbocycles. The number of fused-ring (bicyclic) bond motifs is 1. The van der Waals surface area contributed by atoms with Crippen LogP contribution in [0, 0.1) is 17.5 Å². The van der Waals surface area contributed by atoms with E-state index in [0.717, 1.165) is 15.6 Å². The van der Waals surface area contributed by atoms with E-state index in [1.807, 2.05) is 13.0 Å². The minimum atomic E-state index is -0.345. The van der Waals surface area contributed by atoms with Crippen LogP contribution in [0.5, 0.6) is 0 Å². The number of benzene rings is 1. The van der Waals surface area contributed by atoms with Gasteiger partial charge in [-0.25, -0.2) is 9.37 Å². The standard InChI is InChI=1S/C13H9BrFN3S/c1-7-4-10-12(16-6-7)18(13(19)17-10)11-5-8(14)2-3-9(11)15/h2-6H,1H3,(H,17,19). The van der Waals surface area contributed by atoms with Crippen LogP contribution in [-0.4, -0.2) is 14.5 Å². The van der Waals surface area contributed by atoms with Crippen molar-refractivity contribution >= 4 is 39.3 Å². The lowest BCUT2D eigenvalue weighted by Crippen LogP contribution is -1.99. The van der Waals surface area contributed by atoms with E-state index < -0.39 is 0 Å². The van der Waals surface area contributed by atoms with Crippen molar-refractivity contribution in [1.29, 1.82) is 0 Å². The number of imidazole rings is 1. The summed E-state index contributed by atoms with van der Waals surface area (Å²) in [5, 5.41) is 0. The normalized spacial score (nSPS) is 11.1. The minimum Gasteiger partial charge on any atom is -0.329 e. The Labute approximate surface area is 122 Å². The number of H-pyrrole nitrogens is 1. The Hall–Kier alpha value is -1.53. The summed E-state index contributed by atoms with van der Waals surface area (Å²) in [4.78, 5) is 7.38. The molecule has 0 saturated heterocycles. The number of hydrogen-bond acceptors (Lipinski definition) is 2. The molecule has 0 fully saturated rings. The smallest absolute Gasteiger partial charge is 0.184 e. The van der Waals surface area contributed by atoms with E-state index in [-0.39, 0.29) is 5.82 Å². The van der Waals surface area contributed by atoms with Gasteiger partial charge in [-0.15, -0.1) is 0 Å². The fourth-order valence-electron chi connectivity index (χ4n) is 1.98. The molecule has 3 rings (SSSR count). The predicted molar refractivity (Wildman–Crippen MR) is 78.6 cm³/mol. The Morgan fingerprint density at radius 1 is 1.37 bits per heavy atom. The third-order valence-electron chi connectivity index (χ3n) is 2.81. The van der Waals surface area contributed by atoms with Crippen molar-refractivity contribution in [3.05, 3.63) is 51.1 Å². The molecular formula is C13H9BrFN3S. The largest absolute Gasteiger partial charge is 0.329 e. The number of nitrogens with one attached hydrogen (secondary N) is 1. The van der Waals surface area contributed by atoms with Crippen LogP contribution in [-0.2, 0) is 0 Å². The summed E-state index contributed by atoms with van der Waals surface area (Å²) >= 11 is 8.60. The second-order valence-electron chi connectivity index (χ2n) is 4.25. The maximum atomic E-state index is 14.0.